The fraction of sp³-hybridized carbons (Fsp3) is 0.294. The summed E-state index contributed by atoms with van der Waals surface area (Å²) in [6.07, 6.45) is 0.693. The molecule has 1 heterocycles. The monoisotopic (exact) mass is 633 g/mol. The van der Waals surface area contributed by atoms with Gasteiger partial charge in [-0.3, -0.25) is 9.59 Å². The third-order valence-electron chi connectivity index (χ3n) is 6.51. The van der Waals surface area contributed by atoms with E-state index in [0.29, 0.717) is 17.0 Å². The Labute approximate surface area is 265 Å². The number of carbonyl (C=O) groups is 3. The predicted molar refractivity (Wildman–Crippen MR) is 174 cm³/mol. The highest BCUT2D eigenvalue weighted by Gasteiger charge is 2.25. The standard InChI is InChI=1S/C34H36FN3O6S/c1-5-43-32(41)27-19-38(18-22-11-13-24(35)14-12-22)29-16-15-25(17-26(29)30(27)39)36-31(40)28(37-33(42)44-34(2,3)4)21-45-20-23-9-7-6-8-10-23/h6-17,19,28H,5,18,20-21H2,1-4H3,(H,36,40)(H,37,42). The Kier molecular flexibility index (Phi) is 11.0. The van der Waals surface area contributed by atoms with Gasteiger partial charge in [0.05, 0.1) is 12.1 Å². The molecule has 4 rings (SSSR count). The van der Waals surface area contributed by atoms with Gasteiger partial charge >= 0.3 is 12.1 Å². The third-order valence-corrected chi connectivity index (χ3v) is 7.62. The van der Waals surface area contributed by atoms with Crippen molar-refractivity contribution in [1.29, 1.82) is 0 Å². The molecule has 0 bridgehead atoms. The van der Waals surface area contributed by atoms with Crippen LogP contribution in [0, 0.1) is 5.82 Å². The van der Waals surface area contributed by atoms with Gasteiger partial charge in [0.1, 0.15) is 23.0 Å². The van der Waals surface area contributed by atoms with Gasteiger partial charge in [0.15, 0.2) is 0 Å². The molecule has 0 fully saturated rings. The van der Waals surface area contributed by atoms with Gasteiger partial charge in [-0.25, -0.2) is 14.0 Å². The summed E-state index contributed by atoms with van der Waals surface area (Å²) in [6, 6.07) is 19.5. The largest absolute Gasteiger partial charge is 0.462 e. The van der Waals surface area contributed by atoms with Crippen LogP contribution in [0.15, 0.2) is 83.8 Å². The van der Waals surface area contributed by atoms with Gasteiger partial charge in [-0.15, -0.1) is 0 Å². The van der Waals surface area contributed by atoms with Crippen LogP contribution in [0.4, 0.5) is 14.9 Å². The summed E-state index contributed by atoms with van der Waals surface area (Å²) in [6.45, 7) is 7.16. The number of nitrogens with zero attached hydrogens (tertiary/aromatic N) is 1. The van der Waals surface area contributed by atoms with Crippen molar-refractivity contribution in [2.24, 2.45) is 0 Å². The van der Waals surface area contributed by atoms with Crippen LogP contribution in [0.3, 0.4) is 0 Å². The van der Waals surface area contributed by atoms with Gasteiger partial charge < -0.3 is 24.7 Å². The summed E-state index contributed by atoms with van der Waals surface area (Å²) < 4.78 is 25.7. The molecule has 0 spiro atoms. The Hall–Kier alpha value is -4.64. The number of hydrogen-bond donors (Lipinski definition) is 2. The highest BCUT2D eigenvalue weighted by Crippen LogP contribution is 2.21. The van der Waals surface area contributed by atoms with Crippen molar-refractivity contribution in [1.82, 2.24) is 9.88 Å². The number of amides is 2. The molecular weight excluding hydrogens is 597 g/mol. The van der Waals surface area contributed by atoms with Crippen LogP contribution in [-0.2, 0) is 26.6 Å². The van der Waals surface area contributed by atoms with Crippen LogP contribution in [-0.4, -0.2) is 46.5 Å². The van der Waals surface area contributed by atoms with Gasteiger partial charge in [-0.05, 0) is 69.2 Å². The second-order valence-electron chi connectivity index (χ2n) is 11.3. The molecule has 0 saturated carbocycles. The van der Waals surface area contributed by atoms with Gasteiger partial charge in [-0.2, -0.15) is 11.8 Å². The van der Waals surface area contributed by atoms with E-state index >= 15 is 0 Å². The molecule has 0 aliphatic rings. The zero-order valence-corrected chi connectivity index (χ0v) is 26.4. The number of halogens is 1. The molecule has 2 N–H and O–H groups in total. The number of carbonyl (C=O) groups excluding carboxylic acids is 3. The maximum atomic E-state index is 13.5. The molecule has 236 valence electrons. The molecule has 1 atom stereocenters. The number of pyridine rings is 1. The lowest BCUT2D eigenvalue weighted by Crippen LogP contribution is -2.47. The van der Waals surface area contributed by atoms with Crippen molar-refractivity contribution < 1.29 is 28.2 Å². The second kappa shape index (κ2) is 14.9. The van der Waals surface area contributed by atoms with E-state index in [1.807, 2.05) is 30.3 Å². The Morgan fingerprint density at radius 1 is 0.978 bits per heavy atom. The first kappa shape index (κ1) is 33.3. The summed E-state index contributed by atoms with van der Waals surface area (Å²) in [4.78, 5) is 52.3. The first-order chi connectivity index (χ1) is 21.4. The maximum Gasteiger partial charge on any atom is 0.408 e. The smallest absolute Gasteiger partial charge is 0.408 e. The quantitative estimate of drug-likeness (QED) is 0.191. The first-order valence-electron chi connectivity index (χ1n) is 14.4. The number of hydrogen-bond acceptors (Lipinski definition) is 7. The summed E-state index contributed by atoms with van der Waals surface area (Å²) in [5.41, 5.74) is 1.12. The normalized spacial score (nSPS) is 11.9. The van der Waals surface area contributed by atoms with Crippen molar-refractivity contribution in [2.75, 3.05) is 17.7 Å². The Morgan fingerprint density at radius 3 is 2.36 bits per heavy atom. The van der Waals surface area contributed by atoms with Gasteiger partial charge in [0.2, 0.25) is 11.3 Å². The molecule has 0 aliphatic heterocycles. The minimum atomic E-state index is -0.953. The number of anilines is 1. The van der Waals surface area contributed by atoms with Gasteiger partial charge in [0.25, 0.3) is 0 Å². The van der Waals surface area contributed by atoms with E-state index < -0.39 is 35.0 Å². The summed E-state index contributed by atoms with van der Waals surface area (Å²) in [7, 11) is 0. The number of thioether (sulfide) groups is 1. The summed E-state index contributed by atoms with van der Waals surface area (Å²) in [5.74, 6) is -0.780. The molecule has 2 amide bonds. The number of benzene rings is 3. The number of rotatable bonds is 11. The molecule has 45 heavy (non-hydrogen) atoms. The van der Waals surface area contributed by atoms with E-state index in [0.717, 1.165) is 11.1 Å². The van der Waals surface area contributed by atoms with E-state index in [1.54, 1.807) is 56.5 Å². The van der Waals surface area contributed by atoms with Crippen molar-refractivity contribution in [2.45, 2.75) is 51.6 Å². The summed E-state index contributed by atoms with van der Waals surface area (Å²) in [5, 5.41) is 5.63. The number of aromatic nitrogens is 1. The van der Waals surface area contributed by atoms with Crippen LogP contribution in [0.25, 0.3) is 10.9 Å². The van der Waals surface area contributed by atoms with Crippen LogP contribution in [0.5, 0.6) is 0 Å². The van der Waals surface area contributed by atoms with Crippen molar-refractivity contribution in [3.63, 3.8) is 0 Å². The minimum Gasteiger partial charge on any atom is -0.462 e. The van der Waals surface area contributed by atoms with E-state index in [1.165, 1.54) is 36.2 Å². The van der Waals surface area contributed by atoms with Crippen LogP contribution in [0.2, 0.25) is 0 Å². The van der Waals surface area contributed by atoms with Gasteiger partial charge in [-0.1, -0.05) is 42.5 Å². The fourth-order valence-corrected chi connectivity index (χ4v) is 5.49. The fourth-order valence-electron chi connectivity index (χ4n) is 4.48. The lowest BCUT2D eigenvalue weighted by molar-refractivity contribution is -0.117. The lowest BCUT2D eigenvalue weighted by Gasteiger charge is -2.23. The van der Waals surface area contributed by atoms with E-state index in [4.69, 9.17) is 9.47 Å². The molecule has 9 nitrogen and oxygen atoms in total. The zero-order chi connectivity index (χ0) is 32.6. The van der Waals surface area contributed by atoms with E-state index in [-0.39, 0.29) is 35.7 Å². The Morgan fingerprint density at radius 2 is 1.69 bits per heavy atom. The third kappa shape index (κ3) is 9.42. The topological polar surface area (TPSA) is 116 Å². The Balaban J connectivity index is 1.63. The summed E-state index contributed by atoms with van der Waals surface area (Å²) >= 11 is 1.47. The van der Waals surface area contributed by atoms with Crippen molar-refractivity contribution in [3.05, 3.63) is 112 Å². The molecule has 0 radical (unpaired) electrons. The molecule has 1 aromatic heterocycles. The van der Waals surface area contributed by atoms with Crippen LogP contribution < -0.4 is 16.1 Å². The second-order valence-corrected chi connectivity index (χ2v) is 12.3. The van der Waals surface area contributed by atoms with E-state index in [2.05, 4.69) is 10.6 Å². The molecule has 1 unspecified atom stereocenters. The number of fused-ring (bicyclic) bond motifs is 1. The zero-order valence-electron chi connectivity index (χ0n) is 25.6. The maximum absolute atomic E-state index is 13.5. The van der Waals surface area contributed by atoms with Crippen LogP contribution in [0.1, 0.15) is 49.2 Å². The molecule has 3 aromatic carbocycles. The van der Waals surface area contributed by atoms with Crippen molar-refractivity contribution >= 4 is 46.3 Å². The highest BCUT2D eigenvalue weighted by atomic mass is 32.2. The SMILES string of the molecule is CCOC(=O)c1cn(Cc2ccc(F)cc2)c2ccc(NC(=O)C(CSCc3ccccc3)NC(=O)OC(C)(C)C)cc2c1=O. The lowest BCUT2D eigenvalue weighted by atomic mass is 10.1. The molecular formula is C34H36FN3O6S. The highest BCUT2D eigenvalue weighted by molar-refractivity contribution is 7.98. The molecule has 4 aromatic rings. The molecule has 11 heteroatoms. The average Bonchev–Trinajstić information content (AvgIpc) is 2.99. The number of nitrogens with one attached hydrogen (secondary N) is 2. The minimum absolute atomic E-state index is 0.0820. The molecule has 0 saturated heterocycles. The van der Waals surface area contributed by atoms with Gasteiger partial charge in [0, 0.05) is 35.3 Å². The van der Waals surface area contributed by atoms with Crippen molar-refractivity contribution in [3.8, 4) is 0 Å². The first-order valence-corrected chi connectivity index (χ1v) is 15.6. The number of esters is 1. The Bertz CT molecular complexity index is 1720. The van der Waals surface area contributed by atoms with E-state index in [9.17, 15) is 23.6 Å². The van der Waals surface area contributed by atoms with Crippen LogP contribution >= 0.6 is 11.8 Å². The number of alkyl carbamates (subject to hydrolysis) is 1. The predicted octanol–water partition coefficient (Wildman–Crippen LogP) is 6.13. The average molecular weight is 634 g/mol. The molecule has 0 aliphatic carbocycles. The number of ether oxygens (including phenoxy) is 2.